The van der Waals surface area contributed by atoms with Crippen molar-refractivity contribution in [3.63, 3.8) is 0 Å². The minimum absolute atomic E-state index is 0.0837. The van der Waals surface area contributed by atoms with Crippen LogP contribution in [0.5, 0.6) is 0 Å². The van der Waals surface area contributed by atoms with E-state index in [4.69, 9.17) is 9.84 Å². The summed E-state index contributed by atoms with van der Waals surface area (Å²) in [4.78, 5) is 15.3. The van der Waals surface area contributed by atoms with E-state index in [1.807, 2.05) is 0 Å². The van der Waals surface area contributed by atoms with Crippen molar-refractivity contribution in [3.8, 4) is 0 Å². The SMILES string of the molecule is COCCNc1ccc2nc(C)c(C(=O)O)n2n1. The highest BCUT2D eigenvalue weighted by Crippen LogP contribution is 2.12. The van der Waals surface area contributed by atoms with Gasteiger partial charge in [0.25, 0.3) is 0 Å². The van der Waals surface area contributed by atoms with E-state index in [0.29, 0.717) is 30.3 Å². The molecule has 2 aromatic rings. The van der Waals surface area contributed by atoms with E-state index in [-0.39, 0.29) is 5.69 Å². The fraction of sp³-hybridized carbons (Fsp3) is 0.364. The molecule has 0 saturated carbocycles. The molecule has 0 aromatic carbocycles. The fourth-order valence-corrected chi connectivity index (χ4v) is 1.66. The molecule has 2 heterocycles. The van der Waals surface area contributed by atoms with E-state index < -0.39 is 5.97 Å². The van der Waals surface area contributed by atoms with Gasteiger partial charge in [-0.15, -0.1) is 5.10 Å². The number of nitrogens with zero attached hydrogens (tertiary/aromatic N) is 3. The Balaban J connectivity index is 2.36. The number of rotatable bonds is 5. The van der Waals surface area contributed by atoms with Gasteiger partial charge in [-0.05, 0) is 19.1 Å². The van der Waals surface area contributed by atoms with Gasteiger partial charge in [0.2, 0.25) is 0 Å². The molecular weight excluding hydrogens is 236 g/mol. The van der Waals surface area contributed by atoms with Crippen LogP contribution >= 0.6 is 0 Å². The lowest BCUT2D eigenvalue weighted by Gasteiger charge is -2.05. The van der Waals surface area contributed by atoms with Crippen molar-refractivity contribution in [2.24, 2.45) is 0 Å². The Morgan fingerprint density at radius 1 is 1.56 bits per heavy atom. The second kappa shape index (κ2) is 5.01. The van der Waals surface area contributed by atoms with E-state index in [1.165, 1.54) is 4.52 Å². The van der Waals surface area contributed by atoms with Crippen molar-refractivity contribution in [3.05, 3.63) is 23.5 Å². The van der Waals surface area contributed by atoms with Gasteiger partial charge in [0, 0.05) is 13.7 Å². The Labute approximate surface area is 103 Å². The van der Waals surface area contributed by atoms with Crippen LogP contribution in [-0.4, -0.2) is 45.9 Å². The molecule has 0 aliphatic heterocycles. The molecule has 7 heteroatoms. The third-order valence-electron chi connectivity index (χ3n) is 2.47. The van der Waals surface area contributed by atoms with E-state index in [1.54, 1.807) is 26.2 Å². The molecule has 96 valence electrons. The van der Waals surface area contributed by atoms with E-state index in [0.717, 1.165) is 0 Å². The number of anilines is 1. The molecule has 0 aliphatic rings. The molecule has 0 aliphatic carbocycles. The molecule has 2 aromatic heterocycles. The summed E-state index contributed by atoms with van der Waals surface area (Å²) in [5.41, 5.74) is 1.05. The van der Waals surface area contributed by atoms with Crippen LogP contribution in [0.25, 0.3) is 5.65 Å². The summed E-state index contributed by atoms with van der Waals surface area (Å²) >= 11 is 0. The minimum Gasteiger partial charge on any atom is -0.476 e. The number of aryl methyl sites for hydroxylation is 1. The fourth-order valence-electron chi connectivity index (χ4n) is 1.66. The number of carbonyl (C=O) groups is 1. The topological polar surface area (TPSA) is 88.8 Å². The summed E-state index contributed by atoms with van der Waals surface area (Å²) in [7, 11) is 1.61. The van der Waals surface area contributed by atoms with Gasteiger partial charge in [-0.25, -0.2) is 14.3 Å². The first-order chi connectivity index (χ1) is 8.63. The van der Waals surface area contributed by atoms with Crippen LogP contribution in [0.15, 0.2) is 12.1 Å². The van der Waals surface area contributed by atoms with Crippen LogP contribution in [0.1, 0.15) is 16.2 Å². The van der Waals surface area contributed by atoms with Crippen LogP contribution < -0.4 is 5.32 Å². The highest BCUT2D eigenvalue weighted by atomic mass is 16.5. The van der Waals surface area contributed by atoms with Gasteiger partial charge in [0.1, 0.15) is 5.82 Å². The normalized spacial score (nSPS) is 10.8. The van der Waals surface area contributed by atoms with Gasteiger partial charge in [-0.1, -0.05) is 0 Å². The van der Waals surface area contributed by atoms with Gasteiger partial charge in [0.15, 0.2) is 11.3 Å². The van der Waals surface area contributed by atoms with Crippen LogP contribution in [0.2, 0.25) is 0 Å². The van der Waals surface area contributed by atoms with Gasteiger partial charge in [-0.3, -0.25) is 0 Å². The van der Waals surface area contributed by atoms with Crippen LogP contribution in [0.3, 0.4) is 0 Å². The first-order valence-corrected chi connectivity index (χ1v) is 5.46. The molecule has 0 radical (unpaired) electrons. The van der Waals surface area contributed by atoms with E-state index in [9.17, 15) is 4.79 Å². The first-order valence-electron chi connectivity index (χ1n) is 5.46. The van der Waals surface area contributed by atoms with Gasteiger partial charge >= 0.3 is 5.97 Å². The van der Waals surface area contributed by atoms with Gasteiger partial charge in [0.05, 0.1) is 12.3 Å². The summed E-state index contributed by atoms with van der Waals surface area (Å²) in [6, 6.07) is 3.48. The standard InChI is InChI=1S/C11H14N4O3/c1-7-10(11(16)17)15-9(13-7)4-3-8(14-15)12-5-6-18-2/h3-4H,5-6H2,1-2H3,(H,12,14)(H,16,17). The van der Waals surface area contributed by atoms with Gasteiger partial charge in [-0.2, -0.15) is 0 Å². The lowest BCUT2D eigenvalue weighted by molar-refractivity contribution is 0.0687. The molecule has 0 saturated heterocycles. The lowest BCUT2D eigenvalue weighted by atomic mass is 10.3. The smallest absolute Gasteiger partial charge is 0.356 e. The molecule has 7 nitrogen and oxygen atoms in total. The Morgan fingerprint density at radius 2 is 2.33 bits per heavy atom. The minimum atomic E-state index is -1.04. The third kappa shape index (κ3) is 2.25. The molecule has 2 N–H and O–H groups in total. The predicted octanol–water partition coefficient (Wildman–Crippen LogP) is 0.794. The molecule has 0 atom stereocenters. The zero-order valence-electron chi connectivity index (χ0n) is 10.2. The largest absolute Gasteiger partial charge is 0.476 e. The molecule has 0 spiro atoms. The lowest BCUT2D eigenvalue weighted by Crippen LogP contribution is -2.12. The molecule has 0 bridgehead atoms. The maximum absolute atomic E-state index is 11.1. The molecule has 2 rings (SSSR count). The average molecular weight is 250 g/mol. The van der Waals surface area contributed by atoms with Crippen molar-refractivity contribution < 1.29 is 14.6 Å². The zero-order valence-corrected chi connectivity index (χ0v) is 10.2. The summed E-state index contributed by atoms with van der Waals surface area (Å²) in [5, 5.41) is 16.3. The second-order valence-electron chi connectivity index (χ2n) is 3.76. The summed E-state index contributed by atoms with van der Waals surface area (Å²) < 4.78 is 6.24. The van der Waals surface area contributed by atoms with Crippen molar-refractivity contribution in [1.29, 1.82) is 0 Å². The quantitative estimate of drug-likeness (QED) is 0.763. The van der Waals surface area contributed by atoms with Crippen LogP contribution in [0.4, 0.5) is 5.82 Å². The van der Waals surface area contributed by atoms with Gasteiger partial charge < -0.3 is 15.2 Å². The van der Waals surface area contributed by atoms with Crippen molar-refractivity contribution >= 4 is 17.4 Å². The summed E-state index contributed by atoms with van der Waals surface area (Å²) in [6.45, 7) is 2.80. The molecular formula is C11H14N4O3. The maximum atomic E-state index is 11.1. The molecule has 0 unspecified atom stereocenters. The number of carboxylic acid groups (broad SMARTS) is 1. The number of nitrogens with one attached hydrogen (secondary N) is 1. The number of hydrogen-bond donors (Lipinski definition) is 2. The van der Waals surface area contributed by atoms with Crippen molar-refractivity contribution in [2.75, 3.05) is 25.6 Å². The monoisotopic (exact) mass is 250 g/mol. The Morgan fingerprint density at radius 3 is 3.00 bits per heavy atom. The van der Waals surface area contributed by atoms with Crippen molar-refractivity contribution in [1.82, 2.24) is 14.6 Å². The van der Waals surface area contributed by atoms with E-state index >= 15 is 0 Å². The number of imidazole rings is 1. The summed E-state index contributed by atoms with van der Waals surface area (Å²) in [6.07, 6.45) is 0. The highest BCUT2D eigenvalue weighted by Gasteiger charge is 2.16. The predicted molar refractivity (Wildman–Crippen MR) is 65.0 cm³/mol. The second-order valence-corrected chi connectivity index (χ2v) is 3.76. The van der Waals surface area contributed by atoms with Crippen LogP contribution in [0, 0.1) is 6.92 Å². The number of aromatic carboxylic acids is 1. The maximum Gasteiger partial charge on any atom is 0.356 e. The Hall–Kier alpha value is -2.15. The third-order valence-corrected chi connectivity index (χ3v) is 2.47. The first kappa shape index (κ1) is 12.3. The van der Waals surface area contributed by atoms with Crippen LogP contribution in [-0.2, 0) is 4.74 Å². The number of ether oxygens (including phenoxy) is 1. The van der Waals surface area contributed by atoms with Crippen molar-refractivity contribution in [2.45, 2.75) is 6.92 Å². The average Bonchev–Trinajstić information content (AvgIpc) is 2.64. The number of carboxylic acids is 1. The highest BCUT2D eigenvalue weighted by molar-refractivity contribution is 5.88. The molecule has 0 amide bonds. The number of hydrogen-bond acceptors (Lipinski definition) is 5. The molecule has 18 heavy (non-hydrogen) atoms. The molecule has 0 fully saturated rings. The summed E-state index contributed by atoms with van der Waals surface area (Å²) in [5.74, 6) is -0.457. The number of methoxy groups -OCH3 is 1. The zero-order chi connectivity index (χ0) is 13.1. The number of aromatic nitrogens is 3. The number of fused-ring (bicyclic) bond motifs is 1. The Kier molecular flexibility index (Phi) is 3.42. The van der Waals surface area contributed by atoms with E-state index in [2.05, 4.69) is 15.4 Å². The Bertz CT molecular complexity index is 579.